The number of rotatable bonds is 7. The molecular weight excluding hydrogens is 342 g/mol. The van der Waals surface area contributed by atoms with Gasteiger partial charge in [0.25, 0.3) is 5.91 Å². The van der Waals surface area contributed by atoms with E-state index in [2.05, 4.69) is 5.32 Å². The fourth-order valence-corrected chi connectivity index (χ4v) is 2.84. The van der Waals surface area contributed by atoms with Crippen molar-refractivity contribution >= 4 is 22.4 Å². The summed E-state index contributed by atoms with van der Waals surface area (Å²) in [5.74, 6) is 1.62. The molecule has 0 unspecified atom stereocenters. The van der Waals surface area contributed by atoms with Crippen molar-refractivity contribution in [2.75, 3.05) is 19.5 Å². The molecule has 1 N–H and O–H groups in total. The van der Waals surface area contributed by atoms with Crippen LogP contribution >= 0.6 is 0 Å². The second kappa shape index (κ2) is 8.45. The van der Waals surface area contributed by atoms with Gasteiger partial charge in [-0.25, -0.2) is 0 Å². The second-order valence-electron chi connectivity index (χ2n) is 6.08. The zero-order valence-electron chi connectivity index (χ0n) is 15.7. The average Bonchev–Trinajstić information content (AvgIpc) is 2.72. The van der Waals surface area contributed by atoms with E-state index in [1.165, 1.54) is 0 Å². The van der Waals surface area contributed by atoms with Crippen LogP contribution in [0.2, 0.25) is 0 Å². The van der Waals surface area contributed by atoms with Gasteiger partial charge in [-0.05, 0) is 41.5 Å². The molecule has 1 amide bonds. The Hall–Kier alpha value is -3.21. The molecule has 27 heavy (non-hydrogen) atoms. The van der Waals surface area contributed by atoms with Crippen molar-refractivity contribution in [1.82, 2.24) is 0 Å². The Morgan fingerprint density at radius 2 is 1.67 bits per heavy atom. The van der Waals surface area contributed by atoms with Gasteiger partial charge in [-0.1, -0.05) is 37.3 Å². The first kappa shape index (κ1) is 18.6. The van der Waals surface area contributed by atoms with Crippen LogP contribution in [0.15, 0.2) is 60.7 Å². The predicted molar refractivity (Wildman–Crippen MR) is 107 cm³/mol. The molecule has 0 aliphatic rings. The fraction of sp³-hybridized carbons (Fsp3) is 0.227. The van der Waals surface area contributed by atoms with E-state index in [0.29, 0.717) is 29.4 Å². The number of anilines is 1. The fourth-order valence-electron chi connectivity index (χ4n) is 2.84. The minimum atomic E-state index is -0.613. The van der Waals surface area contributed by atoms with Crippen LogP contribution in [-0.2, 0) is 4.79 Å². The number of carbonyl (C=O) groups excluding carboxylic acids is 1. The highest BCUT2D eigenvalue weighted by Gasteiger charge is 2.20. The summed E-state index contributed by atoms with van der Waals surface area (Å²) in [6, 6.07) is 19.1. The number of ether oxygens (including phenoxy) is 3. The van der Waals surface area contributed by atoms with Crippen LogP contribution in [0.4, 0.5) is 5.69 Å². The van der Waals surface area contributed by atoms with Crippen molar-refractivity contribution in [3.63, 3.8) is 0 Å². The highest BCUT2D eigenvalue weighted by Crippen LogP contribution is 2.29. The van der Waals surface area contributed by atoms with E-state index < -0.39 is 6.10 Å². The van der Waals surface area contributed by atoms with Gasteiger partial charge < -0.3 is 19.5 Å². The van der Waals surface area contributed by atoms with Crippen molar-refractivity contribution in [2.24, 2.45) is 0 Å². The lowest BCUT2D eigenvalue weighted by molar-refractivity contribution is -0.122. The number of fused-ring (bicyclic) bond motifs is 1. The summed E-state index contributed by atoms with van der Waals surface area (Å²) in [5, 5.41) is 5.08. The molecule has 5 heteroatoms. The number of amides is 1. The molecule has 0 saturated carbocycles. The smallest absolute Gasteiger partial charge is 0.265 e. The second-order valence-corrected chi connectivity index (χ2v) is 6.08. The van der Waals surface area contributed by atoms with Crippen LogP contribution in [0.3, 0.4) is 0 Å². The van der Waals surface area contributed by atoms with E-state index in [1.54, 1.807) is 32.4 Å². The molecule has 0 bridgehead atoms. The summed E-state index contributed by atoms with van der Waals surface area (Å²) in [6.07, 6.45) is -0.0742. The molecule has 0 aliphatic carbocycles. The summed E-state index contributed by atoms with van der Waals surface area (Å²) in [6.45, 7) is 1.91. The highest BCUT2D eigenvalue weighted by molar-refractivity contribution is 5.96. The Labute approximate surface area is 158 Å². The quantitative estimate of drug-likeness (QED) is 0.662. The number of nitrogens with one attached hydrogen (secondary N) is 1. The number of hydrogen-bond donors (Lipinski definition) is 1. The zero-order valence-corrected chi connectivity index (χ0v) is 15.7. The first-order valence-corrected chi connectivity index (χ1v) is 8.83. The summed E-state index contributed by atoms with van der Waals surface area (Å²) >= 11 is 0. The van der Waals surface area contributed by atoms with Crippen LogP contribution in [0, 0.1) is 0 Å². The van der Waals surface area contributed by atoms with Crippen LogP contribution < -0.4 is 19.5 Å². The van der Waals surface area contributed by atoms with Gasteiger partial charge in [0.15, 0.2) is 6.10 Å². The molecule has 140 valence electrons. The molecule has 3 aromatic carbocycles. The largest absolute Gasteiger partial charge is 0.497 e. The van der Waals surface area contributed by atoms with Crippen molar-refractivity contribution in [2.45, 2.75) is 19.4 Å². The van der Waals surface area contributed by atoms with Crippen LogP contribution in [0.1, 0.15) is 13.3 Å². The molecule has 5 nitrogen and oxygen atoms in total. The number of benzene rings is 3. The van der Waals surface area contributed by atoms with Gasteiger partial charge in [-0.15, -0.1) is 0 Å². The summed E-state index contributed by atoms with van der Waals surface area (Å²) in [7, 11) is 3.13. The minimum absolute atomic E-state index is 0.228. The van der Waals surface area contributed by atoms with Crippen molar-refractivity contribution in [3.8, 4) is 17.2 Å². The normalized spacial score (nSPS) is 11.7. The molecule has 0 radical (unpaired) electrons. The van der Waals surface area contributed by atoms with E-state index in [1.807, 2.05) is 49.4 Å². The SMILES string of the molecule is CC[C@H](Oc1ccc2ccccc2c1)C(=O)Nc1ccc(OC)cc1OC. The first-order chi connectivity index (χ1) is 13.1. The average molecular weight is 365 g/mol. The maximum absolute atomic E-state index is 12.7. The maximum Gasteiger partial charge on any atom is 0.265 e. The lowest BCUT2D eigenvalue weighted by Gasteiger charge is -2.19. The maximum atomic E-state index is 12.7. The molecule has 3 aromatic rings. The monoisotopic (exact) mass is 365 g/mol. The van der Waals surface area contributed by atoms with E-state index in [0.717, 1.165) is 10.8 Å². The number of carbonyl (C=O) groups is 1. The van der Waals surface area contributed by atoms with Gasteiger partial charge in [-0.2, -0.15) is 0 Å². The zero-order chi connectivity index (χ0) is 19.2. The van der Waals surface area contributed by atoms with Gasteiger partial charge in [0.2, 0.25) is 0 Å². The van der Waals surface area contributed by atoms with Crippen molar-refractivity contribution in [3.05, 3.63) is 60.7 Å². The summed E-state index contributed by atoms with van der Waals surface area (Å²) in [5.41, 5.74) is 0.573. The van der Waals surface area contributed by atoms with Crippen LogP contribution in [0.25, 0.3) is 10.8 Å². The molecule has 0 saturated heterocycles. The third kappa shape index (κ3) is 4.31. The van der Waals surface area contributed by atoms with Gasteiger partial charge in [0.1, 0.15) is 17.2 Å². The lowest BCUT2D eigenvalue weighted by Crippen LogP contribution is -2.32. The van der Waals surface area contributed by atoms with Crippen molar-refractivity contribution < 1.29 is 19.0 Å². The predicted octanol–water partition coefficient (Wildman–Crippen LogP) is 4.65. The molecule has 0 spiro atoms. The van der Waals surface area contributed by atoms with Gasteiger partial charge in [0, 0.05) is 6.07 Å². The van der Waals surface area contributed by atoms with Gasteiger partial charge in [-0.3, -0.25) is 4.79 Å². The molecule has 3 rings (SSSR count). The number of hydrogen-bond acceptors (Lipinski definition) is 4. The summed E-state index contributed by atoms with van der Waals surface area (Å²) in [4.78, 5) is 12.7. The first-order valence-electron chi connectivity index (χ1n) is 8.83. The van der Waals surface area contributed by atoms with E-state index in [9.17, 15) is 4.79 Å². The Morgan fingerprint density at radius 3 is 2.37 bits per heavy atom. The topological polar surface area (TPSA) is 56.8 Å². The van der Waals surface area contributed by atoms with Crippen molar-refractivity contribution in [1.29, 1.82) is 0 Å². The molecule has 0 heterocycles. The molecule has 1 atom stereocenters. The Kier molecular flexibility index (Phi) is 5.81. The number of methoxy groups -OCH3 is 2. The standard InChI is InChI=1S/C22H23NO4/c1-4-20(27-18-10-9-15-7-5-6-8-16(15)13-18)22(24)23-19-12-11-17(25-2)14-21(19)26-3/h5-14,20H,4H2,1-3H3,(H,23,24)/t20-/m0/s1. The third-order valence-corrected chi connectivity index (χ3v) is 4.33. The minimum Gasteiger partial charge on any atom is -0.497 e. The van der Waals surface area contributed by atoms with Gasteiger partial charge >= 0.3 is 0 Å². The Morgan fingerprint density at radius 1 is 0.926 bits per heavy atom. The lowest BCUT2D eigenvalue weighted by atomic mass is 10.1. The molecule has 0 fully saturated rings. The Bertz CT molecular complexity index is 938. The molecule has 0 aliphatic heterocycles. The highest BCUT2D eigenvalue weighted by atomic mass is 16.5. The van der Waals surface area contributed by atoms with E-state index >= 15 is 0 Å². The summed E-state index contributed by atoms with van der Waals surface area (Å²) < 4.78 is 16.5. The molecular formula is C22H23NO4. The molecule has 0 aromatic heterocycles. The van der Waals surface area contributed by atoms with Crippen LogP contribution in [0.5, 0.6) is 17.2 Å². The van der Waals surface area contributed by atoms with E-state index in [-0.39, 0.29) is 5.91 Å². The van der Waals surface area contributed by atoms with E-state index in [4.69, 9.17) is 14.2 Å². The van der Waals surface area contributed by atoms with Gasteiger partial charge in [0.05, 0.1) is 19.9 Å². The Balaban J connectivity index is 1.75. The third-order valence-electron chi connectivity index (χ3n) is 4.33. The van der Waals surface area contributed by atoms with Crippen LogP contribution in [-0.4, -0.2) is 26.2 Å².